The van der Waals surface area contributed by atoms with Crippen molar-refractivity contribution in [2.24, 2.45) is 0 Å². The van der Waals surface area contributed by atoms with E-state index in [0.29, 0.717) is 17.1 Å². The fourth-order valence-corrected chi connectivity index (χ4v) is 4.09. The van der Waals surface area contributed by atoms with Crippen molar-refractivity contribution < 1.29 is 24.2 Å². The summed E-state index contributed by atoms with van der Waals surface area (Å²) in [5.74, 6) is -0.787. The highest BCUT2D eigenvalue weighted by Crippen LogP contribution is 2.42. The van der Waals surface area contributed by atoms with Gasteiger partial charge in [0.25, 0.3) is 11.7 Å². The number of likely N-dealkylation sites (tertiary alicyclic amines) is 1. The van der Waals surface area contributed by atoms with Crippen molar-refractivity contribution in [1.82, 2.24) is 9.88 Å². The SMILES string of the molecule is COc1ccc(/C(O)=C2\C(=O)C(=O)N(Cc3cccnc3)C2c2ccccc2C)cc1OC. The summed E-state index contributed by atoms with van der Waals surface area (Å²) in [6.45, 7) is 2.09. The fraction of sp³-hybridized carbons (Fsp3) is 0.192. The quantitative estimate of drug-likeness (QED) is 0.351. The number of nitrogens with zero attached hydrogens (tertiary/aromatic N) is 2. The molecule has 3 aromatic rings. The van der Waals surface area contributed by atoms with Gasteiger partial charge >= 0.3 is 0 Å². The topological polar surface area (TPSA) is 89.0 Å². The first-order valence-corrected chi connectivity index (χ1v) is 10.4. The van der Waals surface area contributed by atoms with Crippen LogP contribution in [0.4, 0.5) is 0 Å². The molecule has 1 aromatic heterocycles. The van der Waals surface area contributed by atoms with Crippen LogP contribution >= 0.6 is 0 Å². The zero-order valence-electron chi connectivity index (χ0n) is 18.6. The van der Waals surface area contributed by atoms with Gasteiger partial charge in [-0.15, -0.1) is 0 Å². The van der Waals surface area contributed by atoms with Crippen molar-refractivity contribution in [2.75, 3.05) is 14.2 Å². The van der Waals surface area contributed by atoms with E-state index in [4.69, 9.17) is 9.47 Å². The Balaban J connectivity index is 1.89. The van der Waals surface area contributed by atoms with Crippen LogP contribution in [0.1, 0.15) is 28.3 Å². The maximum Gasteiger partial charge on any atom is 0.295 e. The van der Waals surface area contributed by atoms with Gasteiger partial charge in [0.1, 0.15) is 5.76 Å². The van der Waals surface area contributed by atoms with Crippen LogP contribution in [0.25, 0.3) is 5.76 Å². The molecule has 2 aromatic carbocycles. The Kier molecular flexibility index (Phi) is 6.13. The average molecular weight is 444 g/mol. The number of methoxy groups -OCH3 is 2. The van der Waals surface area contributed by atoms with E-state index in [1.165, 1.54) is 19.1 Å². The van der Waals surface area contributed by atoms with E-state index in [0.717, 1.165) is 16.7 Å². The zero-order chi connectivity index (χ0) is 23.5. The summed E-state index contributed by atoms with van der Waals surface area (Å²) in [5.41, 5.74) is 2.83. The molecule has 1 fully saturated rings. The Morgan fingerprint density at radius 1 is 1.03 bits per heavy atom. The van der Waals surface area contributed by atoms with Crippen molar-refractivity contribution in [3.8, 4) is 11.5 Å². The molecule has 1 N–H and O–H groups in total. The average Bonchev–Trinajstić information content (AvgIpc) is 3.08. The number of carbonyl (C=O) groups excluding carboxylic acids is 2. The molecule has 1 saturated heterocycles. The maximum atomic E-state index is 13.2. The normalized spacial score (nSPS) is 17.3. The zero-order valence-corrected chi connectivity index (χ0v) is 18.6. The van der Waals surface area contributed by atoms with Crippen molar-refractivity contribution in [3.63, 3.8) is 0 Å². The molecule has 4 rings (SSSR count). The number of pyridine rings is 1. The van der Waals surface area contributed by atoms with Gasteiger partial charge in [-0.3, -0.25) is 14.6 Å². The number of aliphatic hydroxyl groups is 1. The second-order valence-electron chi connectivity index (χ2n) is 7.71. The molecule has 168 valence electrons. The van der Waals surface area contributed by atoms with Crippen LogP contribution in [-0.2, 0) is 16.1 Å². The standard InChI is InChI=1S/C26H24N2O5/c1-16-7-4-5-9-19(16)23-22(24(29)18-10-11-20(32-2)21(13-18)33-3)25(30)26(31)28(23)15-17-8-6-12-27-14-17/h4-14,23,29H,15H2,1-3H3/b24-22+. The van der Waals surface area contributed by atoms with Gasteiger partial charge in [-0.2, -0.15) is 0 Å². The molecular formula is C26H24N2O5. The third-order valence-corrected chi connectivity index (χ3v) is 5.76. The lowest BCUT2D eigenvalue weighted by atomic mass is 9.92. The number of Topliss-reactive ketones (excluding diaryl/α,β-unsaturated/α-hetero) is 1. The molecule has 0 saturated carbocycles. The molecule has 1 aliphatic rings. The van der Waals surface area contributed by atoms with Gasteiger partial charge in [-0.25, -0.2) is 0 Å². The number of hydrogen-bond acceptors (Lipinski definition) is 6. The third kappa shape index (κ3) is 4.05. The number of ketones is 1. The summed E-state index contributed by atoms with van der Waals surface area (Å²) in [6, 6.07) is 15.2. The number of benzene rings is 2. The summed E-state index contributed by atoms with van der Waals surface area (Å²) in [5, 5.41) is 11.3. The highest BCUT2D eigenvalue weighted by molar-refractivity contribution is 6.46. The predicted octanol–water partition coefficient (Wildman–Crippen LogP) is 4.03. The summed E-state index contributed by atoms with van der Waals surface area (Å²) in [7, 11) is 3.00. The summed E-state index contributed by atoms with van der Waals surface area (Å²) in [4.78, 5) is 31.9. The number of hydrogen-bond donors (Lipinski definition) is 1. The first-order valence-electron chi connectivity index (χ1n) is 10.4. The number of aryl methyl sites for hydroxylation is 1. The number of aromatic nitrogens is 1. The van der Waals surface area contributed by atoms with E-state index < -0.39 is 17.7 Å². The van der Waals surface area contributed by atoms with Gasteiger partial charge < -0.3 is 19.5 Å². The van der Waals surface area contributed by atoms with Crippen molar-refractivity contribution in [3.05, 3.63) is 94.8 Å². The number of rotatable bonds is 6. The van der Waals surface area contributed by atoms with E-state index in [1.807, 2.05) is 37.3 Å². The van der Waals surface area contributed by atoms with Crippen molar-refractivity contribution in [2.45, 2.75) is 19.5 Å². The molecular weight excluding hydrogens is 420 g/mol. The monoisotopic (exact) mass is 444 g/mol. The number of aliphatic hydroxyl groups excluding tert-OH is 1. The Morgan fingerprint density at radius 2 is 1.79 bits per heavy atom. The van der Waals surface area contributed by atoms with Crippen LogP contribution in [0.3, 0.4) is 0 Å². The van der Waals surface area contributed by atoms with E-state index in [-0.39, 0.29) is 17.9 Å². The van der Waals surface area contributed by atoms with E-state index in [2.05, 4.69) is 4.98 Å². The molecule has 7 heteroatoms. The van der Waals surface area contributed by atoms with Crippen LogP contribution in [0.5, 0.6) is 11.5 Å². The Hall–Kier alpha value is -4.13. The lowest BCUT2D eigenvalue weighted by Crippen LogP contribution is -2.29. The number of carbonyl (C=O) groups is 2. The highest BCUT2D eigenvalue weighted by Gasteiger charge is 2.46. The van der Waals surface area contributed by atoms with E-state index in [9.17, 15) is 14.7 Å². The second kappa shape index (κ2) is 9.16. The van der Waals surface area contributed by atoms with Crippen LogP contribution in [0.2, 0.25) is 0 Å². The molecule has 0 aliphatic carbocycles. The Labute approximate surface area is 191 Å². The van der Waals surface area contributed by atoms with Crippen LogP contribution in [0, 0.1) is 6.92 Å². The lowest BCUT2D eigenvalue weighted by Gasteiger charge is -2.26. The fourth-order valence-electron chi connectivity index (χ4n) is 4.09. The molecule has 1 unspecified atom stereocenters. The van der Waals surface area contributed by atoms with Crippen LogP contribution in [-0.4, -0.2) is 40.9 Å². The smallest absolute Gasteiger partial charge is 0.295 e. The van der Waals surface area contributed by atoms with Gasteiger partial charge in [0.15, 0.2) is 11.5 Å². The summed E-state index contributed by atoms with van der Waals surface area (Å²) >= 11 is 0. The second-order valence-corrected chi connectivity index (χ2v) is 7.71. The molecule has 1 atom stereocenters. The largest absolute Gasteiger partial charge is 0.507 e. The molecule has 0 bridgehead atoms. The van der Waals surface area contributed by atoms with Gasteiger partial charge in [0.2, 0.25) is 0 Å². The minimum Gasteiger partial charge on any atom is -0.507 e. The Morgan fingerprint density at radius 3 is 2.45 bits per heavy atom. The molecule has 7 nitrogen and oxygen atoms in total. The molecule has 1 amide bonds. The van der Waals surface area contributed by atoms with Gasteiger partial charge in [-0.1, -0.05) is 30.3 Å². The maximum absolute atomic E-state index is 13.2. The first-order chi connectivity index (χ1) is 16.0. The van der Waals surface area contributed by atoms with Crippen LogP contribution in [0.15, 0.2) is 72.6 Å². The molecule has 33 heavy (non-hydrogen) atoms. The predicted molar refractivity (Wildman–Crippen MR) is 123 cm³/mol. The van der Waals surface area contributed by atoms with Gasteiger partial charge in [0.05, 0.1) is 25.8 Å². The molecule has 0 spiro atoms. The van der Waals surface area contributed by atoms with Crippen molar-refractivity contribution >= 4 is 17.4 Å². The minimum absolute atomic E-state index is 0.0328. The van der Waals surface area contributed by atoms with Gasteiger partial charge in [-0.05, 0) is 47.9 Å². The minimum atomic E-state index is -0.750. The van der Waals surface area contributed by atoms with Gasteiger partial charge in [0, 0.05) is 24.5 Å². The lowest BCUT2D eigenvalue weighted by molar-refractivity contribution is -0.140. The third-order valence-electron chi connectivity index (χ3n) is 5.76. The number of amides is 1. The molecule has 0 radical (unpaired) electrons. The summed E-state index contributed by atoms with van der Waals surface area (Å²) in [6.07, 6.45) is 3.30. The van der Waals surface area contributed by atoms with E-state index in [1.54, 1.807) is 36.7 Å². The highest BCUT2D eigenvalue weighted by atomic mass is 16.5. The summed E-state index contributed by atoms with van der Waals surface area (Å²) < 4.78 is 10.6. The molecule has 1 aliphatic heterocycles. The van der Waals surface area contributed by atoms with E-state index >= 15 is 0 Å². The Bertz CT molecular complexity index is 1240. The molecule has 2 heterocycles. The van der Waals surface area contributed by atoms with Crippen molar-refractivity contribution in [1.29, 1.82) is 0 Å². The van der Waals surface area contributed by atoms with Crippen LogP contribution < -0.4 is 9.47 Å². The number of ether oxygens (including phenoxy) is 2. The first kappa shape index (κ1) is 22.1.